The van der Waals surface area contributed by atoms with Gasteiger partial charge in [0.15, 0.2) is 5.79 Å². The fourth-order valence-corrected chi connectivity index (χ4v) is 10.3. The molecule has 0 bridgehead atoms. The second-order valence-electron chi connectivity index (χ2n) is 13.3. The van der Waals surface area contributed by atoms with E-state index in [-0.39, 0.29) is 23.3 Å². The Kier molecular flexibility index (Phi) is 4.78. The summed E-state index contributed by atoms with van der Waals surface area (Å²) in [7, 11) is 0. The molecule has 4 heteroatoms. The van der Waals surface area contributed by atoms with Crippen LogP contribution in [0.3, 0.4) is 0 Å². The molecule has 0 aromatic carbocycles. The predicted molar refractivity (Wildman–Crippen MR) is 121 cm³/mol. The van der Waals surface area contributed by atoms with Crippen molar-refractivity contribution < 1.29 is 14.6 Å². The summed E-state index contributed by atoms with van der Waals surface area (Å²) in [5.74, 6) is 4.13. The molecule has 31 heavy (non-hydrogen) atoms. The molecule has 0 unspecified atom stereocenters. The van der Waals surface area contributed by atoms with Gasteiger partial charge in [-0.25, -0.2) is 0 Å². The van der Waals surface area contributed by atoms with Crippen LogP contribution in [0.2, 0.25) is 0 Å². The van der Waals surface area contributed by atoms with Gasteiger partial charge in [-0.3, -0.25) is 0 Å². The molecule has 6 fully saturated rings. The minimum absolute atomic E-state index is 0.0772. The van der Waals surface area contributed by atoms with Crippen molar-refractivity contribution in [2.45, 2.75) is 110 Å². The Morgan fingerprint density at radius 3 is 2.48 bits per heavy atom. The zero-order chi connectivity index (χ0) is 21.8. The summed E-state index contributed by atoms with van der Waals surface area (Å²) in [5.41, 5.74) is 7.72. The highest BCUT2D eigenvalue weighted by atomic mass is 16.7. The van der Waals surface area contributed by atoms with Gasteiger partial charge >= 0.3 is 0 Å². The zero-order valence-corrected chi connectivity index (χ0v) is 20.2. The molecule has 176 valence electrons. The van der Waals surface area contributed by atoms with Crippen LogP contribution in [0.1, 0.15) is 85.5 Å². The van der Waals surface area contributed by atoms with Gasteiger partial charge in [0.2, 0.25) is 0 Å². The van der Waals surface area contributed by atoms with E-state index in [9.17, 15) is 5.11 Å². The lowest BCUT2D eigenvalue weighted by atomic mass is 9.43. The molecule has 6 rings (SSSR count). The lowest BCUT2D eigenvalue weighted by Crippen LogP contribution is -2.61. The van der Waals surface area contributed by atoms with Crippen molar-refractivity contribution in [1.82, 2.24) is 0 Å². The molecular weight excluding hydrogens is 386 g/mol. The third-order valence-corrected chi connectivity index (χ3v) is 12.1. The van der Waals surface area contributed by atoms with Crippen molar-refractivity contribution in [3.05, 3.63) is 0 Å². The number of aliphatic hydroxyl groups excluding tert-OH is 1. The highest BCUT2D eigenvalue weighted by Gasteiger charge is 2.71. The fraction of sp³-hybridized carbons (Fsp3) is 1.00. The summed E-state index contributed by atoms with van der Waals surface area (Å²) in [6.07, 6.45) is 10.7. The van der Waals surface area contributed by atoms with Crippen LogP contribution in [0.15, 0.2) is 0 Å². The van der Waals surface area contributed by atoms with Crippen molar-refractivity contribution in [2.75, 3.05) is 6.61 Å². The SMILES string of the molecule is C[C@H]1CC[C@@]2(OC1)O[C@@H]1C[C@H]3[C@@H]4CC[C@H]5C[C@@H](O)CC[C@]5(C)[C@H]4C[C@H](N)[C@]3(C)[C@H]1[C@@H]2C. The topological polar surface area (TPSA) is 64.7 Å². The van der Waals surface area contributed by atoms with E-state index < -0.39 is 0 Å². The van der Waals surface area contributed by atoms with Crippen LogP contribution in [-0.2, 0) is 9.47 Å². The first-order chi connectivity index (χ1) is 14.7. The number of rotatable bonds is 0. The Morgan fingerprint density at radius 1 is 0.935 bits per heavy atom. The highest BCUT2D eigenvalue weighted by Crippen LogP contribution is 2.71. The van der Waals surface area contributed by atoms with Crippen molar-refractivity contribution in [2.24, 2.45) is 58.0 Å². The number of hydrogen-bond acceptors (Lipinski definition) is 4. The largest absolute Gasteiger partial charge is 0.393 e. The summed E-state index contributed by atoms with van der Waals surface area (Å²) in [6, 6.07) is 0.250. The van der Waals surface area contributed by atoms with Crippen molar-refractivity contribution in [3.63, 3.8) is 0 Å². The molecule has 4 saturated carbocycles. The first kappa shape index (κ1) is 21.4. The van der Waals surface area contributed by atoms with Gasteiger partial charge in [-0.1, -0.05) is 27.7 Å². The highest BCUT2D eigenvalue weighted by molar-refractivity contribution is 5.18. The smallest absolute Gasteiger partial charge is 0.171 e. The Balaban J connectivity index is 1.29. The number of ether oxygens (including phenoxy) is 2. The number of nitrogens with two attached hydrogens (primary N) is 1. The molecule has 4 aliphatic carbocycles. The third kappa shape index (κ3) is 2.74. The maximum atomic E-state index is 10.3. The summed E-state index contributed by atoms with van der Waals surface area (Å²) < 4.78 is 13.4. The van der Waals surface area contributed by atoms with Crippen LogP contribution in [-0.4, -0.2) is 35.8 Å². The third-order valence-electron chi connectivity index (χ3n) is 12.1. The van der Waals surface area contributed by atoms with Crippen LogP contribution in [0, 0.1) is 52.3 Å². The maximum Gasteiger partial charge on any atom is 0.171 e. The Morgan fingerprint density at radius 2 is 1.74 bits per heavy atom. The Labute approximate surface area is 189 Å². The van der Waals surface area contributed by atoms with Crippen LogP contribution in [0.25, 0.3) is 0 Å². The normalized spacial score (nSPS) is 63.3. The summed E-state index contributed by atoms with van der Waals surface area (Å²) in [4.78, 5) is 0. The van der Waals surface area contributed by atoms with E-state index in [1.165, 1.54) is 38.5 Å². The van der Waals surface area contributed by atoms with Crippen molar-refractivity contribution >= 4 is 0 Å². The minimum atomic E-state index is -0.352. The molecule has 1 spiro atoms. The molecule has 0 aromatic heterocycles. The summed E-state index contributed by atoms with van der Waals surface area (Å²) in [5, 5.41) is 10.3. The van der Waals surface area contributed by atoms with Crippen molar-refractivity contribution in [1.29, 1.82) is 0 Å². The molecule has 13 atom stereocenters. The molecule has 2 heterocycles. The van der Waals surface area contributed by atoms with Gasteiger partial charge in [0.1, 0.15) is 0 Å². The number of hydrogen-bond donors (Lipinski definition) is 2. The van der Waals surface area contributed by atoms with E-state index in [0.717, 1.165) is 37.7 Å². The molecule has 0 radical (unpaired) electrons. The van der Waals surface area contributed by atoms with Crippen molar-refractivity contribution in [3.8, 4) is 0 Å². The number of aliphatic hydroxyl groups is 1. The van der Waals surface area contributed by atoms with Crippen LogP contribution < -0.4 is 5.73 Å². The molecule has 6 aliphatic rings. The maximum absolute atomic E-state index is 10.3. The van der Waals surface area contributed by atoms with E-state index >= 15 is 0 Å². The Hall–Kier alpha value is -0.160. The van der Waals surface area contributed by atoms with E-state index in [1.807, 2.05) is 0 Å². The van der Waals surface area contributed by atoms with E-state index in [4.69, 9.17) is 15.2 Å². The average Bonchev–Trinajstić information content (AvgIpc) is 3.18. The average molecular weight is 432 g/mol. The van der Waals surface area contributed by atoms with E-state index in [1.54, 1.807) is 0 Å². The molecule has 2 saturated heterocycles. The summed E-state index contributed by atoms with van der Waals surface area (Å²) >= 11 is 0. The Bertz CT molecular complexity index is 719. The second kappa shape index (κ2) is 6.93. The fourth-order valence-electron chi connectivity index (χ4n) is 10.3. The molecular formula is C27H45NO3. The van der Waals surface area contributed by atoms with Crippen LogP contribution >= 0.6 is 0 Å². The molecule has 3 N–H and O–H groups in total. The summed E-state index contributed by atoms with van der Waals surface area (Å²) in [6.45, 7) is 10.6. The van der Waals surface area contributed by atoms with Gasteiger partial charge in [-0.15, -0.1) is 0 Å². The zero-order valence-electron chi connectivity index (χ0n) is 20.2. The standard InChI is InChI=1S/C27H45NO3/c1-15-7-10-27(30-14-15)16(2)24-22(31-27)12-21-19-6-5-17-11-18(29)8-9-25(17,3)20(19)13-23(28)26(21,24)4/h15-24,29H,5-14,28H2,1-4H3/t15-,16-,17-,18-,19+,20-,21-,22+,23-,24-,25-,26+,27+/m0/s1. The monoisotopic (exact) mass is 431 g/mol. The lowest BCUT2D eigenvalue weighted by Gasteiger charge is -2.62. The van der Waals surface area contributed by atoms with E-state index in [2.05, 4.69) is 27.7 Å². The van der Waals surface area contributed by atoms with E-state index in [0.29, 0.717) is 41.1 Å². The lowest BCUT2D eigenvalue weighted by molar-refractivity contribution is -0.273. The van der Waals surface area contributed by atoms with Gasteiger partial charge < -0.3 is 20.3 Å². The molecule has 0 amide bonds. The first-order valence-electron chi connectivity index (χ1n) is 13.4. The molecule has 4 nitrogen and oxygen atoms in total. The quantitative estimate of drug-likeness (QED) is 0.582. The van der Waals surface area contributed by atoms with Gasteiger partial charge in [0.25, 0.3) is 0 Å². The van der Waals surface area contributed by atoms with Crippen LogP contribution in [0.4, 0.5) is 0 Å². The first-order valence-corrected chi connectivity index (χ1v) is 13.4. The molecule has 0 aromatic rings. The minimum Gasteiger partial charge on any atom is -0.393 e. The van der Waals surface area contributed by atoms with Crippen LogP contribution in [0.5, 0.6) is 0 Å². The molecule has 2 aliphatic heterocycles. The number of fused-ring (bicyclic) bond motifs is 7. The van der Waals surface area contributed by atoms with Gasteiger partial charge in [0.05, 0.1) is 18.8 Å². The second-order valence-corrected chi connectivity index (χ2v) is 13.3. The van der Waals surface area contributed by atoms with Gasteiger partial charge in [-0.05, 0) is 91.8 Å². The van der Waals surface area contributed by atoms with Gasteiger partial charge in [0, 0.05) is 24.3 Å². The predicted octanol–water partition coefficient (Wildman–Crippen LogP) is 4.73. The van der Waals surface area contributed by atoms with Gasteiger partial charge in [-0.2, -0.15) is 0 Å².